The van der Waals surface area contributed by atoms with Crippen LogP contribution in [0.2, 0.25) is 0 Å². The summed E-state index contributed by atoms with van der Waals surface area (Å²) >= 11 is 0. The van der Waals surface area contributed by atoms with Gasteiger partial charge in [-0.2, -0.15) is 0 Å². The molecule has 2 unspecified atom stereocenters. The number of likely N-dealkylation sites (tertiary alicyclic amines) is 1. The molecule has 4 heteroatoms. The molecule has 1 aromatic rings. The number of hydrogen-bond acceptors (Lipinski definition) is 3. The van der Waals surface area contributed by atoms with Crippen LogP contribution in [0.1, 0.15) is 31.9 Å². The number of carbonyl (C=O) groups is 1. The highest BCUT2D eigenvalue weighted by Gasteiger charge is 2.31. The van der Waals surface area contributed by atoms with Gasteiger partial charge >= 0.3 is 0 Å². The van der Waals surface area contributed by atoms with E-state index in [4.69, 9.17) is 5.73 Å². The first-order valence-electron chi connectivity index (χ1n) is 7.50. The molecule has 1 aromatic carbocycles. The van der Waals surface area contributed by atoms with Crippen molar-refractivity contribution in [2.75, 3.05) is 26.2 Å². The van der Waals surface area contributed by atoms with Crippen LogP contribution in [0.25, 0.3) is 0 Å². The molecular weight excluding hydrogens is 250 g/mol. The molecule has 2 rings (SSSR count). The second kappa shape index (κ2) is 6.86. The molecular formula is C16H25N3O. The third-order valence-electron chi connectivity index (χ3n) is 4.17. The van der Waals surface area contributed by atoms with Crippen molar-refractivity contribution in [1.82, 2.24) is 9.80 Å². The lowest BCUT2D eigenvalue weighted by Gasteiger charge is -2.33. The summed E-state index contributed by atoms with van der Waals surface area (Å²) in [5, 5.41) is 0. The predicted molar refractivity (Wildman–Crippen MR) is 81.3 cm³/mol. The molecule has 0 radical (unpaired) electrons. The van der Waals surface area contributed by atoms with E-state index in [1.54, 1.807) is 0 Å². The first-order chi connectivity index (χ1) is 9.67. The van der Waals surface area contributed by atoms with Gasteiger partial charge in [0.15, 0.2) is 0 Å². The first-order valence-corrected chi connectivity index (χ1v) is 7.50. The fourth-order valence-electron chi connectivity index (χ4n) is 2.92. The zero-order chi connectivity index (χ0) is 14.5. The molecule has 0 aliphatic carbocycles. The summed E-state index contributed by atoms with van der Waals surface area (Å²) in [6.45, 7) is 7.80. The molecule has 1 saturated heterocycles. The van der Waals surface area contributed by atoms with Gasteiger partial charge in [0, 0.05) is 13.1 Å². The Hall–Kier alpha value is -1.39. The zero-order valence-electron chi connectivity index (χ0n) is 12.5. The number of hydrogen-bond donors (Lipinski definition) is 1. The number of nitrogens with zero attached hydrogens (tertiary/aromatic N) is 2. The number of nitrogens with two attached hydrogens (primary N) is 1. The lowest BCUT2D eigenvalue weighted by atomic mass is 10.0. The van der Waals surface area contributed by atoms with Gasteiger partial charge in [0.1, 0.15) is 0 Å². The van der Waals surface area contributed by atoms with Gasteiger partial charge in [-0.15, -0.1) is 0 Å². The topological polar surface area (TPSA) is 49.6 Å². The minimum Gasteiger partial charge on any atom is -0.339 e. The minimum atomic E-state index is -0.303. The van der Waals surface area contributed by atoms with Crippen molar-refractivity contribution in [3.63, 3.8) is 0 Å². The lowest BCUT2D eigenvalue weighted by molar-refractivity contribution is -0.129. The van der Waals surface area contributed by atoms with Crippen molar-refractivity contribution in [1.29, 1.82) is 0 Å². The van der Waals surface area contributed by atoms with E-state index in [-0.39, 0.29) is 18.0 Å². The van der Waals surface area contributed by atoms with Gasteiger partial charge in [-0.3, -0.25) is 9.69 Å². The molecule has 0 saturated carbocycles. The molecule has 110 valence electrons. The molecule has 4 nitrogen and oxygen atoms in total. The van der Waals surface area contributed by atoms with E-state index in [0.717, 1.165) is 32.6 Å². The highest BCUT2D eigenvalue weighted by Crippen LogP contribution is 2.23. The van der Waals surface area contributed by atoms with Crippen molar-refractivity contribution >= 4 is 5.91 Å². The number of amides is 1. The summed E-state index contributed by atoms with van der Waals surface area (Å²) in [7, 11) is 0. The van der Waals surface area contributed by atoms with Gasteiger partial charge < -0.3 is 10.6 Å². The van der Waals surface area contributed by atoms with Gasteiger partial charge in [-0.05, 0) is 25.1 Å². The maximum Gasteiger partial charge on any atom is 0.239 e. The van der Waals surface area contributed by atoms with Crippen molar-refractivity contribution in [2.24, 2.45) is 5.73 Å². The van der Waals surface area contributed by atoms with Crippen LogP contribution in [0, 0.1) is 0 Å². The summed E-state index contributed by atoms with van der Waals surface area (Å²) in [5.41, 5.74) is 7.09. The Morgan fingerprint density at radius 2 is 1.95 bits per heavy atom. The second-order valence-electron chi connectivity index (χ2n) is 5.33. The fraction of sp³-hybridized carbons (Fsp3) is 0.562. The summed E-state index contributed by atoms with van der Waals surface area (Å²) in [6, 6.07) is 10.4. The van der Waals surface area contributed by atoms with E-state index in [2.05, 4.69) is 43.0 Å². The van der Waals surface area contributed by atoms with Crippen LogP contribution in [0.5, 0.6) is 0 Å². The average molecular weight is 275 g/mol. The van der Waals surface area contributed by atoms with Gasteiger partial charge in [0.2, 0.25) is 5.91 Å². The van der Waals surface area contributed by atoms with Crippen molar-refractivity contribution in [2.45, 2.75) is 32.4 Å². The largest absolute Gasteiger partial charge is 0.339 e. The number of rotatable bonds is 6. The van der Waals surface area contributed by atoms with Crippen molar-refractivity contribution < 1.29 is 4.79 Å². The molecule has 2 N–H and O–H groups in total. The predicted octanol–water partition coefficient (Wildman–Crippen LogP) is 1.63. The van der Waals surface area contributed by atoms with Crippen LogP contribution in [-0.4, -0.2) is 47.9 Å². The summed E-state index contributed by atoms with van der Waals surface area (Å²) in [6.07, 6.45) is 0.776. The standard InChI is InChI=1S/C16H25N3O/c1-3-18(4-2)15(13-8-6-5-7-9-13)12-19-11-10-14(17)16(19)20/h5-9,14-15H,3-4,10-12,17H2,1-2H3. The number of benzene rings is 1. The molecule has 20 heavy (non-hydrogen) atoms. The van der Waals surface area contributed by atoms with Crippen LogP contribution in [0.4, 0.5) is 0 Å². The smallest absolute Gasteiger partial charge is 0.239 e. The molecule has 0 spiro atoms. The van der Waals surface area contributed by atoms with Crippen LogP contribution in [0.3, 0.4) is 0 Å². The zero-order valence-corrected chi connectivity index (χ0v) is 12.5. The van der Waals surface area contributed by atoms with Gasteiger partial charge in [-0.25, -0.2) is 0 Å². The maximum absolute atomic E-state index is 12.1. The third-order valence-corrected chi connectivity index (χ3v) is 4.17. The minimum absolute atomic E-state index is 0.0955. The summed E-state index contributed by atoms with van der Waals surface area (Å²) < 4.78 is 0. The van der Waals surface area contributed by atoms with E-state index in [1.165, 1.54) is 5.56 Å². The molecule has 1 heterocycles. The maximum atomic E-state index is 12.1. The van der Waals surface area contributed by atoms with Crippen molar-refractivity contribution in [3.05, 3.63) is 35.9 Å². The van der Waals surface area contributed by atoms with Gasteiger partial charge in [-0.1, -0.05) is 44.2 Å². The second-order valence-corrected chi connectivity index (χ2v) is 5.33. The van der Waals surface area contributed by atoms with Crippen LogP contribution in [0.15, 0.2) is 30.3 Å². The Morgan fingerprint density at radius 3 is 2.45 bits per heavy atom. The Kier molecular flexibility index (Phi) is 5.15. The molecule has 1 aliphatic rings. The Labute approximate surface area is 121 Å². The molecule has 1 amide bonds. The van der Waals surface area contributed by atoms with E-state index < -0.39 is 0 Å². The molecule has 0 aromatic heterocycles. The monoisotopic (exact) mass is 275 g/mol. The van der Waals surface area contributed by atoms with E-state index in [0.29, 0.717) is 0 Å². The van der Waals surface area contributed by atoms with Gasteiger partial charge in [0.25, 0.3) is 0 Å². The van der Waals surface area contributed by atoms with E-state index in [1.807, 2.05) is 11.0 Å². The Balaban J connectivity index is 2.17. The van der Waals surface area contributed by atoms with Crippen molar-refractivity contribution in [3.8, 4) is 0 Å². The quantitative estimate of drug-likeness (QED) is 0.858. The van der Waals surface area contributed by atoms with E-state index in [9.17, 15) is 4.79 Å². The Morgan fingerprint density at radius 1 is 1.30 bits per heavy atom. The van der Waals surface area contributed by atoms with Crippen LogP contribution >= 0.6 is 0 Å². The van der Waals surface area contributed by atoms with E-state index >= 15 is 0 Å². The number of carbonyl (C=O) groups excluding carboxylic acids is 1. The summed E-state index contributed by atoms with van der Waals surface area (Å²) in [4.78, 5) is 16.4. The first kappa shape index (κ1) is 15.0. The molecule has 1 fully saturated rings. The molecule has 0 bridgehead atoms. The average Bonchev–Trinajstić information content (AvgIpc) is 2.80. The lowest BCUT2D eigenvalue weighted by Crippen LogP contribution is -2.41. The highest BCUT2D eigenvalue weighted by molar-refractivity contribution is 5.83. The normalized spacial score (nSPS) is 20.7. The van der Waals surface area contributed by atoms with Crippen LogP contribution in [-0.2, 0) is 4.79 Å². The highest BCUT2D eigenvalue weighted by atomic mass is 16.2. The third kappa shape index (κ3) is 3.19. The Bertz CT molecular complexity index is 431. The number of likely N-dealkylation sites (N-methyl/N-ethyl adjacent to an activating group) is 1. The van der Waals surface area contributed by atoms with Gasteiger partial charge in [0.05, 0.1) is 12.1 Å². The fourth-order valence-corrected chi connectivity index (χ4v) is 2.92. The summed E-state index contributed by atoms with van der Waals surface area (Å²) in [5.74, 6) is 0.0955. The molecule has 1 aliphatic heterocycles. The molecule has 2 atom stereocenters. The van der Waals surface area contributed by atoms with Crippen LogP contribution < -0.4 is 5.73 Å². The SMILES string of the molecule is CCN(CC)C(CN1CCC(N)C1=O)c1ccccc1.